The van der Waals surface area contributed by atoms with E-state index in [9.17, 15) is 4.79 Å². The minimum atomic E-state index is -1.05. The predicted molar refractivity (Wildman–Crippen MR) is 146 cm³/mol. The molecule has 1 amide bonds. The Hall–Kier alpha value is -3.15. The van der Waals surface area contributed by atoms with E-state index in [1.54, 1.807) is 0 Å². The molecule has 0 aliphatic carbocycles. The average Bonchev–Trinajstić information content (AvgIpc) is 2.95. The second-order valence-electron chi connectivity index (χ2n) is 9.71. The monoisotopic (exact) mass is 501 g/mol. The van der Waals surface area contributed by atoms with Crippen molar-refractivity contribution >= 4 is 6.09 Å². The lowest BCUT2D eigenvalue weighted by atomic mass is 9.95. The van der Waals surface area contributed by atoms with Crippen LogP contribution in [0.25, 0.3) is 0 Å². The Kier molecular flexibility index (Phi) is 10.2. The van der Waals surface area contributed by atoms with Gasteiger partial charge < -0.3 is 14.2 Å². The Bertz CT molecular complexity index is 1070. The maximum atomic E-state index is 13.0. The van der Waals surface area contributed by atoms with Crippen LogP contribution in [0.2, 0.25) is 0 Å². The van der Waals surface area contributed by atoms with Crippen LogP contribution in [0, 0.1) is 0 Å². The van der Waals surface area contributed by atoms with Gasteiger partial charge in [0, 0.05) is 17.5 Å². The van der Waals surface area contributed by atoms with E-state index in [2.05, 4.69) is 36.5 Å². The van der Waals surface area contributed by atoms with Gasteiger partial charge >= 0.3 is 6.09 Å². The van der Waals surface area contributed by atoms with E-state index >= 15 is 0 Å². The zero-order valence-electron chi connectivity index (χ0n) is 21.9. The van der Waals surface area contributed by atoms with Crippen LogP contribution in [0.1, 0.15) is 80.4 Å². The highest BCUT2D eigenvalue weighted by Gasteiger charge is 2.42. The standard InChI is InChI=1S/C32H39NO4/c1-2-3-4-5-6-9-14-26-19-21-29(22-20-26)32(33-31(34)36-25-27-15-10-7-11-16-27)23-24-35-30(37-32)28-17-12-8-13-18-28/h7-8,10-13,15-22,30H,2-6,9,14,23-25H2,1H3,(H,33,34). The molecule has 0 bridgehead atoms. The number of nitrogens with one attached hydrogen (secondary N) is 1. The molecule has 0 aromatic heterocycles. The highest BCUT2D eigenvalue weighted by Crippen LogP contribution is 2.38. The summed E-state index contributed by atoms with van der Waals surface area (Å²) >= 11 is 0. The lowest BCUT2D eigenvalue weighted by Crippen LogP contribution is -2.52. The first-order valence-electron chi connectivity index (χ1n) is 13.6. The van der Waals surface area contributed by atoms with Crippen molar-refractivity contribution in [2.24, 2.45) is 0 Å². The Morgan fingerprint density at radius 1 is 0.865 bits per heavy atom. The highest BCUT2D eigenvalue weighted by atomic mass is 16.7. The number of hydrogen-bond acceptors (Lipinski definition) is 4. The van der Waals surface area contributed by atoms with E-state index < -0.39 is 18.1 Å². The zero-order chi connectivity index (χ0) is 25.8. The summed E-state index contributed by atoms with van der Waals surface area (Å²) in [4.78, 5) is 13.0. The van der Waals surface area contributed by atoms with Gasteiger partial charge in [0.25, 0.3) is 0 Å². The zero-order valence-corrected chi connectivity index (χ0v) is 21.9. The van der Waals surface area contributed by atoms with Crippen molar-refractivity contribution in [3.05, 3.63) is 107 Å². The Morgan fingerprint density at radius 3 is 2.27 bits per heavy atom. The number of amides is 1. The third-order valence-corrected chi connectivity index (χ3v) is 6.86. The number of benzene rings is 3. The van der Waals surface area contributed by atoms with Gasteiger partial charge in [0.05, 0.1) is 6.61 Å². The molecule has 1 saturated heterocycles. The van der Waals surface area contributed by atoms with Crippen LogP contribution in [0.5, 0.6) is 0 Å². The summed E-state index contributed by atoms with van der Waals surface area (Å²) in [6.45, 7) is 2.88. The molecule has 0 radical (unpaired) electrons. The first kappa shape index (κ1) is 26.9. The fourth-order valence-corrected chi connectivity index (χ4v) is 4.71. The summed E-state index contributed by atoms with van der Waals surface area (Å²) in [5.74, 6) is 0. The summed E-state index contributed by atoms with van der Waals surface area (Å²) in [5, 5.41) is 3.05. The number of rotatable bonds is 12. The van der Waals surface area contributed by atoms with Crippen LogP contribution in [0.3, 0.4) is 0 Å². The third kappa shape index (κ3) is 7.91. The van der Waals surface area contributed by atoms with Gasteiger partial charge in [-0.15, -0.1) is 0 Å². The third-order valence-electron chi connectivity index (χ3n) is 6.86. The molecule has 0 spiro atoms. The minimum Gasteiger partial charge on any atom is -0.445 e. The van der Waals surface area contributed by atoms with E-state index in [1.165, 1.54) is 44.1 Å². The summed E-state index contributed by atoms with van der Waals surface area (Å²) in [6, 6.07) is 27.9. The van der Waals surface area contributed by atoms with Crippen molar-refractivity contribution in [3.8, 4) is 0 Å². The largest absolute Gasteiger partial charge is 0.445 e. The SMILES string of the molecule is CCCCCCCCc1ccc(C2(NC(=O)OCc3ccccc3)CCOC(c3ccccc3)O2)cc1. The molecule has 3 aromatic carbocycles. The molecule has 5 nitrogen and oxygen atoms in total. The maximum Gasteiger partial charge on any atom is 0.409 e. The second kappa shape index (κ2) is 14.0. The van der Waals surface area contributed by atoms with Crippen LogP contribution < -0.4 is 5.32 Å². The normalized spacial score (nSPS) is 19.3. The molecule has 1 aliphatic rings. The van der Waals surface area contributed by atoms with E-state index in [4.69, 9.17) is 14.2 Å². The Morgan fingerprint density at radius 2 is 1.54 bits per heavy atom. The summed E-state index contributed by atoms with van der Waals surface area (Å²) in [6.07, 6.45) is 8.11. The summed E-state index contributed by atoms with van der Waals surface area (Å²) in [7, 11) is 0. The molecular formula is C32H39NO4. The lowest BCUT2D eigenvalue weighted by Gasteiger charge is -2.41. The van der Waals surface area contributed by atoms with Crippen molar-refractivity contribution in [1.29, 1.82) is 0 Å². The maximum absolute atomic E-state index is 13.0. The predicted octanol–water partition coefficient (Wildman–Crippen LogP) is 7.80. The molecule has 0 saturated carbocycles. The van der Waals surface area contributed by atoms with Crippen LogP contribution in [0.4, 0.5) is 4.79 Å². The van der Waals surface area contributed by atoms with Gasteiger partial charge in [0.15, 0.2) is 12.0 Å². The van der Waals surface area contributed by atoms with Crippen LogP contribution in [-0.4, -0.2) is 12.7 Å². The second-order valence-corrected chi connectivity index (χ2v) is 9.71. The molecule has 1 aliphatic heterocycles. The molecule has 1 N–H and O–H groups in total. The van der Waals surface area contributed by atoms with Crippen molar-refractivity contribution < 1.29 is 19.0 Å². The molecule has 196 valence electrons. The van der Waals surface area contributed by atoms with Crippen LogP contribution in [-0.2, 0) is 33.0 Å². The Labute approximate surface area is 221 Å². The molecule has 37 heavy (non-hydrogen) atoms. The van der Waals surface area contributed by atoms with Crippen LogP contribution in [0.15, 0.2) is 84.9 Å². The van der Waals surface area contributed by atoms with Gasteiger partial charge in [-0.3, -0.25) is 5.32 Å². The number of hydrogen-bond donors (Lipinski definition) is 1. The Balaban J connectivity index is 1.46. The molecule has 2 atom stereocenters. The number of alkyl carbamates (subject to hydrolysis) is 1. The molecule has 5 heteroatoms. The number of carbonyl (C=O) groups is 1. The van der Waals surface area contributed by atoms with Gasteiger partial charge in [0.2, 0.25) is 0 Å². The van der Waals surface area contributed by atoms with Gasteiger partial charge in [-0.2, -0.15) is 0 Å². The van der Waals surface area contributed by atoms with E-state index in [-0.39, 0.29) is 6.61 Å². The summed E-state index contributed by atoms with van der Waals surface area (Å²) < 4.78 is 18.0. The van der Waals surface area contributed by atoms with E-state index in [1.807, 2.05) is 60.7 Å². The smallest absolute Gasteiger partial charge is 0.409 e. The molecule has 4 rings (SSSR count). The molecule has 2 unspecified atom stereocenters. The fraction of sp³-hybridized carbons (Fsp3) is 0.406. The van der Waals surface area contributed by atoms with Gasteiger partial charge in [-0.25, -0.2) is 4.79 Å². The topological polar surface area (TPSA) is 56.8 Å². The van der Waals surface area contributed by atoms with Crippen molar-refractivity contribution in [1.82, 2.24) is 5.32 Å². The summed E-state index contributed by atoms with van der Waals surface area (Å²) in [5.41, 5.74) is 2.98. The van der Waals surface area contributed by atoms with Gasteiger partial charge in [0.1, 0.15) is 6.61 Å². The van der Waals surface area contributed by atoms with Crippen LogP contribution >= 0.6 is 0 Å². The molecule has 1 heterocycles. The first-order valence-corrected chi connectivity index (χ1v) is 13.6. The molecular weight excluding hydrogens is 462 g/mol. The number of carbonyl (C=O) groups excluding carboxylic acids is 1. The minimum absolute atomic E-state index is 0.193. The average molecular weight is 502 g/mol. The first-order chi connectivity index (χ1) is 18.2. The van der Waals surface area contributed by atoms with Gasteiger partial charge in [-0.1, -0.05) is 124 Å². The van der Waals surface area contributed by atoms with E-state index in [0.717, 1.165) is 23.1 Å². The van der Waals surface area contributed by atoms with Crippen molar-refractivity contribution in [2.45, 2.75) is 76.9 Å². The number of unbranched alkanes of at least 4 members (excludes halogenated alkanes) is 5. The fourth-order valence-electron chi connectivity index (χ4n) is 4.71. The number of ether oxygens (including phenoxy) is 3. The number of aryl methyl sites for hydroxylation is 1. The quantitative estimate of drug-likeness (QED) is 0.257. The van der Waals surface area contributed by atoms with E-state index in [0.29, 0.717) is 13.0 Å². The molecule has 3 aromatic rings. The van der Waals surface area contributed by atoms with Crippen molar-refractivity contribution in [2.75, 3.05) is 6.61 Å². The molecule has 1 fully saturated rings. The highest BCUT2D eigenvalue weighted by molar-refractivity contribution is 5.68. The lowest BCUT2D eigenvalue weighted by molar-refractivity contribution is -0.274. The van der Waals surface area contributed by atoms with Crippen molar-refractivity contribution in [3.63, 3.8) is 0 Å². The van der Waals surface area contributed by atoms with Gasteiger partial charge in [-0.05, 0) is 24.0 Å².